The van der Waals surface area contributed by atoms with Crippen molar-refractivity contribution >= 4 is 17.4 Å². The van der Waals surface area contributed by atoms with E-state index in [2.05, 4.69) is 20.3 Å². The van der Waals surface area contributed by atoms with E-state index in [0.29, 0.717) is 18.3 Å². The molecule has 2 aromatic rings. The van der Waals surface area contributed by atoms with E-state index in [1.165, 1.54) is 7.05 Å². The molecule has 4 nitrogen and oxygen atoms in total. The van der Waals surface area contributed by atoms with Crippen LogP contribution in [0.3, 0.4) is 0 Å². The Morgan fingerprint density at radius 1 is 1.00 bits per heavy atom. The Morgan fingerprint density at radius 2 is 1.65 bits per heavy atom. The number of rotatable bonds is 2. The van der Waals surface area contributed by atoms with Gasteiger partial charge in [-0.15, -0.1) is 0 Å². The van der Waals surface area contributed by atoms with Crippen LogP contribution in [0.2, 0.25) is 5.02 Å². The minimum atomic E-state index is -4.76. The molecule has 2 rings (SSSR count). The normalized spacial score (nSPS) is 12.3. The van der Waals surface area contributed by atoms with Crippen molar-refractivity contribution in [2.45, 2.75) is 12.4 Å². The summed E-state index contributed by atoms with van der Waals surface area (Å²) < 4.78 is 76.1. The van der Waals surface area contributed by atoms with E-state index in [0.717, 1.165) is 0 Å². The summed E-state index contributed by atoms with van der Waals surface area (Å²) in [5, 5.41) is 1.89. The fraction of sp³-hybridized carbons (Fsp3) is 0.250. The number of nitrogens with one attached hydrogen (secondary N) is 1. The minimum absolute atomic E-state index is 0.180. The Labute approximate surface area is 130 Å². The van der Waals surface area contributed by atoms with Crippen molar-refractivity contribution in [3.05, 3.63) is 34.6 Å². The second-order valence-corrected chi connectivity index (χ2v) is 4.67. The average molecular weight is 357 g/mol. The van der Waals surface area contributed by atoms with Crippen molar-refractivity contribution in [2.75, 3.05) is 12.4 Å². The van der Waals surface area contributed by atoms with Crippen LogP contribution in [0, 0.1) is 0 Å². The van der Waals surface area contributed by atoms with Gasteiger partial charge in [0.15, 0.2) is 11.5 Å². The molecule has 2 aromatic heterocycles. The van der Waals surface area contributed by atoms with Crippen LogP contribution < -0.4 is 5.32 Å². The monoisotopic (exact) mass is 356 g/mol. The summed E-state index contributed by atoms with van der Waals surface area (Å²) >= 11 is 5.69. The molecule has 0 amide bonds. The van der Waals surface area contributed by atoms with Crippen molar-refractivity contribution in [2.24, 2.45) is 0 Å². The van der Waals surface area contributed by atoms with Crippen molar-refractivity contribution in [3.63, 3.8) is 0 Å². The zero-order valence-electron chi connectivity index (χ0n) is 11.2. The Hall–Kier alpha value is -2.10. The quantitative estimate of drug-likeness (QED) is 0.816. The fourth-order valence-corrected chi connectivity index (χ4v) is 1.83. The highest BCUT2D eigenvalue weighted by Crippen LogP contribution is 2.35. The van der Waals surface area contributed by atoms with E-state index in [-0.39, 0.29) is 11.5 Å². The Morgan fingerprint density at radius 3 is 2.13 bits per heavy atom. The van der Waals surface area contributed by atoms with E-state index < -0.39 is 34.5 Å². The fourth-order valence-electron chi connectivity index (χ4n) is 1.58. The lowest BCUT2D eigenvalue weighted by Gasteiger charge is -2.12. The molecule has 0 aliphatic rings. The molecule has 0 bridgehead atoms. The van der Waals surface area contributed by atoms with E-state index >= 15 is 0 Å². The van der Waals surface area contributed by atoms with Gasteiger partial charge in [-0.05, 0) is 6.07 Å². The third-order valence-corrected chi connectivity index (χ3v) is 2.94. The number of anilines is 1. The van der Waals surface area contributed by atoms with Gasteiger partial charge < -0.3 is 5.32 Å². The summed E-state index contributed by atoms with van der Waals surface area (Å²) in [6.45, 7) is 0. The lowest BCUT2D eigenvalue weighted by molar-refractivity contribution is -0.141. The number of nitrogens with zero attached hydrogens (tertiary/aromatic N) is 3. The molecule has 0 aliphatic heterocycles. The SMILES string of the molecule is CNc1cc(C(F)(F)F)nc(-c2ncc(C(F)(F)F)cc2Cl)n1. The van der Waals surface area contributed by atoms with E-state index in [1.54, 1.807) is 0 Å². The smallest absolute Gasteiger partial charge is 0.373 e. The summed E-state index contributed by atoms with van der Waals surface area (Å²) in [7, 11) is 1.33. The van der Waals surface area contributed by atoms with Crippen LogP contribution in [0.5, 0.6) is 0 Å². The zero-order valence-corrected chi connectivity index (χ0v) is 12.0. The molecule has 0 radical (unpaired) electrons. The maximum Gasteiger partial charge on any atom is 0.433 e. The molecule has 0 spiro atoms. The lowest BCUT2D eigenvalue weighted by atomic mass is 10.2. The highest BCUT2D eigenvalue weighted by molar-refractivity contribution is 6.32. The second kappa shape index (κ2) is 5.84. The molecule has 0 saturated heterocycles. The summed E-state index contributed by atoms with van der Waals surface area (Å²) in [5.41, 5.74) is -2.79. The maximum atomic E-state index is 12.8. The molecule has 0 aromatic carbocycles. The summed E-state index contributed by atoms with van der Waals surface area (Å²) in [6.07, 6.45) is -8.99. The average Bonchev–Trinajstić information content (AvgIpc) is 2.44. The third kappa shape index (κ3) is 3.81. The van der Waals surface area contributed by atoms with Crippen molar-refractivity contribution in [3.8, 4) is 11.5 Å². The predicted octanol–water partition coefficient (Wildman–Crippen LogP) is 4.27. The summed E-state index contributed by atoms with van der Waals surface area (Å²) in [5.74, 6) is -0.719. The van der Waals surface area contributed by atoms with Gasteiger partial charge in [-0.25, -0.2) is 9.97 Å². The molecular weight excluding hydrogens is 350 g/mol. The topological polar surface area (TPSA) is 50.7 Å². The van der Waals surface area contributed by atoms with Gasteiger partial charge in [-0.3, -0.25) is 4.98 Å². The number of alkyl halides is 6. The second-order valence-electron chi connectivity index (χ2n) is 4.26. The first-order valence-corrected chi connectivity index (χ1v) is 6.27. The first-order chi connectivity index (χ1) is 10.5. The lowest BCUT2D eigenvalue weighted by Crippen LogP contribution is -2.12. The number of halogens is 7. The van der Waals surface area contributed by atoms with Crippen LogP contribution in [-0.2, 0) is 12.4 Å². The molecule has 0 unspecified atom stereocenters. The van der Waals surface area contributed by atoms with Gasteiger partial charge in [0.05, 0.1) is 10.6 Å². The van der Waals surface area contributed by atoms with E-state index in [1.807, 2.05) is 0 Å². The molecule has 0 saturated carbocycles. The third-order valence-electron chi connectivity index (χ3n) is 2.65. The molecule has 0 fully saturated rings. The van der Waals surface area contributed by atoms with Gasteiger partial charge in [-0.1, -0.05) is 11.6 Å². The number of pyridine rings is 1. The van der Waals surface area contributed by atoms with Gasteiger partial charge in [0.2, 0.25) is 0 Å². The highest BCUT2D eigenvalue weighted by Gasteiger charge is 2.35. The van der Waals surface area contributed by atoms with Crippen molar-refractivity contribution in [1.29, 1.82) is 0 Å². The van der Waals surface area contributed by atoms with Gasteiger partial charge >= 0.3 is 12.4 Å². The van der Waals surface area contributed by atoms with Crippen LogP contribution >= 0.6 is 11.6 Å². The Kier molecular flexibility index (Phi) is 4.38. The van der Waals surface area contributed by atoms with Crippen LogP contribution in [0.4, 0.5) is 32.2 Å². The predicted molar refractivity (Wildman–Crippen MR) is 69.8 cm³/mol. The Balaban J connectivity index is 2.58. The van der Waals surface area contributed by atoms with Gasteiger partial charge in [0.25, 0.3) is 0 Å². The van der Waals surface area contributed by atoms with Gasteiger partial charge in [-0.2, -0.15) is 26.3 Å². The maximum absolute atomic E-state index is 12.8. The van der Waals surface area contributed by atoms with E-state index in [4.69, 9.17) is 11.6 Å². The van der Waals surface area contributed by atoms with Crippen LogP contribution in [0.25, 0.3) is 11.5 Å². The number of aromatic nitrogens is 3. The van der Waals surface area contributed by atoms with Gasteiger partial charge in [0, 0.05) is 19.3 Å². The molecular formula is C12H7ClF6N4. The molecule has 0 aliphatic carbocycles. The number of hydrogen-bond donors (Lipinski definition) is 1. The highest BCUT2D eigenvalue weighted by atomic mass is 35.5. The minimum Gasteiger partial charge on any atom is -0.373 e. The largest absolute Gasteiger partial charge is 0.433 e. The van der Waals surface area contributed by atoms with Gasteiger partial charge in [0.1, 0.15) is 11.5 Å². The zero-order chi connectivity index (χ0) is 17.4. The molecule has 1 N–H and O–H groups in total. The van der Waals surface area contributed by atoms with Crippen LogP contribution in [0.15, 0.2) is 18.3 Å². The molecule has 11 heteroatoms. The molecule has 124 valence electrons. The Bertz CT molecular complexity index is 728. The first-order valence-electron chi connectivity index (χ1n) is 5.89. The van der Waals surface area contributed by atoms with Crippen molar-refractivity contribution in [1.82, 2.24) is 15.0 Å². The van der Waals surface area contributed by atoms with Crippen LogP contribution in [0.1, 0.15) is 11.3 Å². The standard InChI is InChI=1S/C12H7ClF6N4/c1-20-8-3-7(12(17,18)19)22-10(23-8)9-6(13)2-5(4-21-9)11(14,15)16/h2-4H,1H3,(H,20,22,23). The van der Waals surface area contributed by atoms with E-state index in [9.17, 15) is 26.3 Å². The summed E-state index contributed by atoms with van der Waals surface area (Å²) in [6, 6.07) is 1.20. The molecule has 0 atom stereocenters. The van der Waals surface area contributed by atoms with Crippen molar-refractivity contribution < 1.29 is 26.3 Å². The molecule has 23 heavy (non-hydrogen) atoms. The molecule has 2 heterocycles. The number of hydrogen-bond acceptors (Lipinski definition) is 4. The van der Waals surface area contributed by atoms with Crippen LogP contribution in [-0.4, -0.2) is 22.0 Å². The first kappa shape index (κ1) is 17.3. The summed E-state index contributed by atoms with van der Waals surface area (Å²) in [4.78, 5) is 10.5.